The van der Waals surface area contributed by atoms with Gasteiger partial charge in [-0.2, -0.15) is 0 Å². The van der Waals surface area contributed by atoms with E-state index in [2.05, 4.69) is 0 Å². The molecule has 0 aromatic heterocycles. The summed E-state index contributed by atoms with van der Waals surface area (Å²) in [5.41, 5.74) is 0. The van der Waals surface area contributed by atoms with Gasteiger partial charge in [0.15, 0.2) is 4.84 Å². The zero-order chi connectivity index (χ0) is 10.9. The van der Waals surface area contributed by atoms with Crippen LogP contribution in [0.15, 0.2) is 0 Å². The van der Waals surface area contributed by atoms with Gasteiger partial charge in [-0.15, -0.1) is 23.2 Å². The molecule has 0 radical (unpaired) electrons. The van der Waals surface area contributed by atoms with Gasteiger partial charge in [0.25, 0.3) is 0 Å². The Morgan fingerprint density at radius 3 is 2.00 bits per heavy atom. The minimum absolute atomic E-state index is 0.172. The van der Waals surface area contributed by atoms with Crippen LogP contribution in [-0.2, 0) is 9.59 Å². The molecule has 1 fully saturated rings. The van der Waals surface area contributed by atoms with Crippen LogP contribution < -0.4 is 0 Å². The fourth-order valence-corrected chi connectivity index (χ4v) is 2.18. The van der Waals surface area contributed by atoms with Crippen LogP contribution in [0.3, 0.4) is 0 Å². The lowest BCUT2D eigenvalue weighted by molar-refractivity contribution is -0.131. The monoisotopic (exact) mass is 295 g/mol. The van der Waals surface area contributed by atoms with Crippen LogP contribution in [-0.4, -0.2) is 24.6 Å². The molecule has 0 aromatic carbocycles. The topological polar surface area (TPSA) is 37.4 Å². The van der Waals surface area contributed by atoms with E-state index in [4.69, 9.17) is 46.4 Å². The molecule has 8 heteroatoms. The van der Waals surface area contributed by atoms with E-state index in [1.165, 1.54) is 0 Å². The molecule has 3 nitrogen and oxygen atoms in total. The number of hydrogen-bond acceptors (Lipinski definition) is 3. The number of carbonyl (C=O) groups is 2. The standard InChI is InChI=1S/C6H5Cl4NO2S/c7-5(8)6(9,10)14-11-3(12)1-2-4(11)13/h5H,1-2H2. The van der Waals surface area contributed by atoms with E-state index in [9.17, 15) is 9.59 Å². The van der Waals surface area contributed by atoms with E-state index in [-0.39, 0.29) is 24.7 Å². The lowest BCUT2D eigenvalue weighted by Crippen LogP contribution is -2.30. The third kappa shape index (κ3) is 2.83. The van der Waals surface area contributed by atoms with E-state index < -0.39 is 8.50 Å². The van der Waals surface area contributed by atoms with Gasteiger partial charge < -0.3 is 0 Å². The van der Waals surface area contributed by atoms with Crippen molar-refractivity contribution in [1.29, 1.82) is 0 Å². The number of rotatable bonds is 3. The smallest absolute Gasteiger partial charge is 0.239 e. The number of imide groups is 1. The van der Waals surface area contributed by atoms with Gasteiger partial charge in [0.1, 0.15) is 0 Å². The van der Waals surface area contributed by atoms with Gasteiger partial charge >= 0.3 is 0 Å². The largest absolute Gasteiger partial charge is 0.273 e. The third-order valence-corrected chi connectivity index (χ3v) is 4.75. The summed E-state index contributed by atoms with van der Waals surface area (Å²) in [7, 11) is 0. The molecule has 2 amide bonds. The average molecular weight is 297 g/mol. The van der Waals surface area contributed by atoms with Gasteiger partial charge in [-0.1, -0.05) is 23.2 Å². The molecule has 0 N–H and O–H groups in total. The molecular formula is C6H5Cl4NO2S. The fourth-order valence-electron chi connectivity index (χ4n) is 0.819. The summed E-state index contributed by atoms with van der Waals surface area (Å²) in [4.78, 5) is 21.2. The SMILES string of the molecule is O=C1CCC(=O)N1SC(Cl)(Cl)C(Cl)Cl. The molecule has 0 unspecified atom stereocenters. The highest BCUT2D eigenvalue weighted by Gasteiger charge is 2.41. The maximum atomic E-state index is 11.2. The zero-order valence-electron chi connectivity index (χ0n) is 6.68. The quantitative estimate of drug-likeness (QED) is 0.456. The van der Waals surface area contributed by atoms with E-state index in [1.807, 2.05) is 0 Å². The molecule has 80 valence electrons. The van der Waals surface area contributed by atoms with Crippen LogP contribution in [0.1, 0.15) is 12.8 Å². The highest BCUT2D eigenvalue weighted by molar-refractivity contribution is 8.02. The number of hydrogen-bond donors (Lipinski definition) is 0. The van der Waals surface area contributed by atoms with Crippen LogP contribution >= 0.6 is 58.4 Å². The molecule has 0 bridgehead atoms. The summed E-state index contributed by atoms with van der Waals surface area (Å²) in [6.45, 7) is 0. The van der Waals surface area contributed by atoms with E-state index >= 15 is 0 Å². The summed E-state index contributed by atoms with van der Waals surface area (Å²) in [5.74, 6) is -0.667. The molecule has 1 heterocycles. The van der Waals surface area contributed by atoms with Crippen molar-refractivity contribution >= 4 is 70.2 Å². The summed E-state index contributed by atoms with van der Waals surface area (Å²) in [6.07, 6.45) is 0.343. The van der Waals surface area contributed by atoms with Crippen molar-refractivity contribution in [3.63, 3.8) is 0 Å². The van der Waals surface area contributed by atoms with Crippen LogP contribution in [0.25, 0.3) is 0 Å². The van der Waals surface area contributed by atoms with E-state index in [0.717, 1.165) is 4.31 Å². The first-order valence-corrected chi connectivity index (χ1v) is 5.95. The highest BCUT2D eigenvalue weighted by Crippen LogP contribution is 2.45. The fraction of sp³-hybridized carbons (Fsp3) is 0.667. The molecule has 1 aliphatic rings. The molecule has 14 heavy (non-hydrogen) atoms. The first kappa shape index (κ1) is 12.7. The normalized spacial score (nSPS) is 18.5. The van der Waals surface area contributed by atoms with Crippen molar-refractivity contribution in [3.05, 3.63) is 0 Å². The highest BCUT2D eigenvalue weighted by atomic mass is 35.5. The molecule has 0 aliphatic carbocycles. The van der Waals surface area contributed by atoms with Crippen molar-refractivity contribution < 1.29 is 9.59 Å². The van der Waals surface area contributed by atoms with Crippen molar-refractivity contribution in [1.82, 2.24) is 4.31 Å². The van der Waals surface area contributed by atoms with E-state index in [1.54, 1.807) is 0 Å². The minimum atomic E-state index is -1.60. The molecule has 0 saturated carbocycles. The zero-order valence-corrected chi connectivity index (χ0v) is 10.5. The average Bonchev–Trinajstić information content (AvgIpc) is 2.35. The summed E-state index contributed by atoms with van der Waals surface area (Å²) >= 11 is 23.0. The second-order valence-corrected chi connectivity index (χ2v) is 6.66. The molecule has 0 spiro atoms. The number of alkyl halides is 4. The van der Waals surface area contributed by atoms with Gasteiger partial charge in [0, 0.05) is 24.8 Å². The molecule has 1 saturated heterocycles. The Labute approximate surface area is 105 Å². The Hall–Kier alpha value is 0.650. The number of carbonyl (C=O) groups excluding carboxylic acids is 2. The molecule has 1 aliphatic heterocycles. The molecule has 0 atom stereocenters. The summed E-state index contributed by atoms with van der Waals surface area (Å²) < 4.78 is -0.698. The number of halogens is 4. The first-order valence-electron chi connectivity index (χ1n) is 3.55. The van der Waals surface area contributed by atoms with Crippen molar-refractivity contribution in [2.75, 3.05) is 0 Å². The summed E-state index contributed by atoms with van der Waals surface area (Å²) in [5, 5.41) is 0. The van der Waals surface area contributed by atoms with Gasteiger partial charge in [0.05, 0.1) is 0 Å². The number of nitrogens with zero attached hydrogens (tertiary/aromatic N) is 1. The molecule has 0 aromatic rings. The lowest BCUT2D eigenvalue weighted by Gasteiger charge is -2.23. The molecular weight excluding hydrogens is 292 g/mol. The van der Waals surface area contributed by atoms with Crippen LogP contribution in [0.5, 0.6) is 0 Å². The lowest BCUT2D eigenvalue weighted by atomic mass is 10.4. The van der Waals surface area contributed by atoms with Gasteiger partial charge in [-0.05, 0) is 0 Å². The Balaban J connectivity index is 2.68. The first-order chi connectivity index (χ1) is 6.34. The Bertz CT molecular complexity index is 255. The van der Waals surface area contributed by atoms with Crippen LogP contribution in [0, 0.1) is 0 Å². The van der Waals surface area contributed by atoms with Crippen molar-refractivity contribution in [3.8, 4) is 0 Å². The predicted octanol–water partition coefficient (Wildman–Crippen LogP) is 2.72. The van der Waals surface area contributed by atoms with Gasteiger partial charge in [-0.3, -0.25) is 9.59 Å². The summed E-state index contributed by atoms with van der Waals surface area (Å²) in [6, 6.07) is 0. The van der Waals surface area contributed by atoms with E-state index in [0.29, 0.717) is 11.9 Å². The molecule has 1 rings (SSSR count). The number of amides is 2. The van der Waals surface area contributed by atoms with Crippen LogP contribution in [0.2, 0.25) is 0 Å². The van der Waals surface area contributed by atoms with Crippen LogP contribution in [0.4, 0.5) is 0 Å². The Morgan fingerprint density at radius 2 is 1.64 bits per heavy atom. The predicted molar refractivity (Wildman–Crippen MR) is 58.6 cm³/mol. The van der Waals surface area contributed by atoms with Crippen molar-refractivity contribution in [2.45, 2.75) is 21.3 Å². The second-order valence-electron chi connectivity index (χ2n) is 2.54. The minimum Gasteiger partial charge on any atom is -0.273 e. The van der Waals surface area contributed by atoms with Gasteiger partial charge in [-0.25, -0.2) is 4.31 Å². The second kappa shape index (κ2) is 4.66. The Morgan fingerprint density at radius 1 is 1.21 bits per heavy atom. The third-order valence-electron chi connectivity index (χ3n) is 1.47. The maximum Gasteiger partial charge on any atom is 0.239 e. The van der Waals surface area contributed by atoms with Gasteiger partial charge in [0.2, 0.25) is 15.5 Å². The Kier molecular flexibility index (Phi) is 4.23. The van der Waals surface area contributed by atoms with Crippen molar-refractivity contribution in [2.24, 2.45) is 0 Å². The maximum absolute atomic E-state index is 11.2.